The lowest BCUT2D eigenvalue weighted by molar-refractivity contribution is 0.0303. The van der Waals surface area contributed by atoms with Gasteiger partial charge in [0.2, 0.25) is 0 Å². The lowest BCUT2D eigenvalue weighted by Crippen LogP contribution is -2.41. The Morgan fingerprint density at radius 2 is 1.70 bits per heavy atom. The third-order valence-corrected chi connectivity index (χ3v) is 6.30. The van der Waals surface area contributed by atoms with Crippen molar-refractivity contribution in [3.63, 3.8) is 0 Å². The number of rotatable bonds is 4. The normalized spacial score (nSPS) is 13.9. The predicted octanol–water partition coefficient (Wildman–Crippen LogP) is 4.59. The van der Waals surface area contributed by atoms with E-state index in [4.69, 9.17) is 4.74 Å². The van der Waals surface area contributed by atoms with Gasteiger partial charge >= 0.3 is 0 Å². The first kappa shape index (κ1) is 20.3. The molecule has 1 saturated heterocycles. The zero-order chi connectivity index (χ0) is 21.1. The van der Waals surface area contributed by atoms with E-state index in [0.29, 0.717) is 36.9 Å². The maximum Gasteiger partial charge on any atom is 0.259 e. The number of nitrogens with zero attached hydrogens (tertiary/aromatic N) is 1. The molecule has 4 rings (SSSR count). The summed E-state index contributed by atoms with van der Waals surface area (Å²) < 4.78 is 19.4. The highest BCUT2D eigenvalue weighted by atomic mass is 32.1. The van der Waals surface area contributed by atoms with Gasteiger partial charge in [0.1, 0.15) is 10.8 Å². The second kappa shape index (κ2) is 8.77. The number of anilines is 1. The molecule has 1 aromatic heterocycles. The van der Waals surface area contributed by atoms with E-state index in [9.17, 15) is 14.0 Å². The SMILES string of the molecule is Cc1c(-c2ccccc2)sc(NC(=O)c2ccccc2F)c1C(=O)N1CCOCC1. The van der Waals surface area contributed by atoms with Crippen molar-refractivity contribution in [3.05, 3.63) is 77.1 Å². The van der Waals surface area contributed by atoms with Crippen LogP contribution < -0.4 is 5.32 Å². The highest BCUT2D eigenvalue weighted by Gasteiger charge is 2.28. The van der Waals surface area contributed by atoms with E-state index in [1.165, 1.54) is 29.5 Å². The molecule has 0 unspecified atom stereocenters. The van der Waals surface area contributed by atoms with Gasteiger partial charge in [0.15, 0.2) is 0 Å². The third kappa shape index (κ3) is 3.99. The van der Waals surface area contributed by atoms with Gasteiger partial charge in [0.05, 0.1) is 24.3 Å². The monoisotopic (exact) mass is 424 g/mol. The molecule has 0 aliphatic carbocycles. The molecule has 7 heteroatoms. The summed E-state index contributed by atoms with van der Waals surface area (Å²) in [6.45, 7) is 3.84. The summed E-state index contributed by atoms with van der Waals surface area (Å²) in [5, 5.41) is 3.21. The summed E-state index contributed by atoms with van der Waals surface area (Å²) in [6.07, 6.45) is 0. The number of hydrogen-bond acceptors (Lipinski definition) is 4. The fourth-order valence-corrected chi connectivity index (χ4v) is 4.66. The Kier molecular flexibility index (Phi) is 5.92. The molecule has 1 aliphatic rings. The van der Waals surface area contributed by atoms with E-state index in [2.05, 4.69) is 5.32 Å². The predicted molar refractivity (Wildman–Crippen MR) is 116 cm³/mol. The summed E-state index contributed by atoms with van der Waals surface area (Å²) in [6, 6.07) is 15.5. The van der Waals surface area contributed by atoms with Gasteiger partial charge in [0.25, 0.3) is 11.8 Å². The van der Waals surface area contributed by atoms with E-state index in [-0.39, 0.29) is 11.5 Å². The van der Waals surface area contributed by atoms with Crippen LogP contribution in [0, 0.1) is 12.7 Å². The van der Waals surface area contributed by atoms with E-state index in [0.717, 1.165) is 16.0 Å². The quantitative estimate of drug-likeness (QED) is 0.667. The van der Waals surface area contributed by atoms with Crippen molar-refractivity contribution in [3.8, 4) is 10.4 Å². The number of carbonyl (C=O) groups is 2. The van der Waals surface area contributed by atoms with Crippen molar-refractivity contribution < 1.29 is 18.7 Å². The van der Waals surface area contributed by atoms with Crippen LogP contribution in [0.15, 0.2) is 54.6 Å². The number of benzene rings is 2. The topological polar surface area (TPSA) is 58.6 Å². The summed E-state index contributed by atoms with van der Waals surface area (Å²) in [4.78, 5) is 28.7. The molecule has 154 valence electrons. The third-order valence-electron chi connectivity index (χ3n) is 5.04. The van der Waals surface area contributed by atoms with Crippen molar-refractivity contribution in [2.45, 2.75) is 6.92 Å². The van der Waals surface area contributed by atoms with Crippen LogP contribution in [-0.4, -0.2) is 43.0 Å². The van der Waals surface area contributed by atoms with Gasteiger partial charge in [-0.1, -0.05) is 42.5 Å². The molecule has 0 spiro atoms. The Hall–Kier alpha value is -3.03. The maximum atomic E-state index is 14.1. The smallest absolute Gasteiger partial charge is 0.259 e. The van der Waals surface area contributed by atoms with Crippen LogP contribution in [0.1, 0.15) is 26.3 Å². The molecule has 30 heavy (non-hydrogen) atoms. The molecular weight excluding hydrogens is 403 g/mol. The molecule has 1 fully saturated rings. The Bertz CT molecular complexity index is 1080. The maximum absolute atomic E-state index is 14.1. The minimum Gasteiger partial charge on any atom is -0.378 e. The minimum atomic E-state index is -0.604. The summed E-state index contributed by atoms with van der Waals surface area (Å²) in [5.41, 5.74) is 2.15. The molecule has 2 amide bonds. The van der Waals surface area contributed by atoms with Gasteiger partial charge in [-0.05, 0) is 30.2 Å². The van der Waals surface area contributed by atoms with Crippen molar-refractivity contribution in [2.75, 3.05) is 31.6 Å². The molecule has 5 nitrogen and oxygen atoms in total. The molecule has 0 bridgehead atoms. The molecule has 2 aromatic carbocycles. The average Bonchev–Trinajstić information content (AvgIpc) is 3.10. The second-order valence-electron chi connectivity index (χ2n) is 6.96. The highest BCUT2D eigenvalue weighted by molar-refractivity contribution is 7.20. The Labute approximate surface area is 178 Å². The molecule has 3 aromatic rings. The van der Waals surface area contributed by atoms with E-state index >= 15 is 0 Å². The Morgan fingerprint density at radius 1 is 1.03 bits per heavy atom. The molecule has 0 radical (unpaired) electrons. The number of amides is 2. The zero-order valence-corrected chi connectivity index (χ0v) is 17.3. The molecule has 2 heterocycles. The van der Waals surface area contributed by atoms with Crippen LogP contribution in [0.2, 0.25) is 0 Å². The van der Waals surface area contributed by atoms with E-state index < -0.39 is 11.7 Å². The van der Waals surface area contributed by atoms with Crippen LogP contribution in [-0.2, 0) is 4.74 Å². The van der Waals surface area contributed by atoms with Gasteiger partial charge < -0.3 is 15.0 Å². The molecular formula is C23H21FN2O3S. The van der Waals surface area contributed by atoms with Gasteiger partial charge in [0, 0.05) is 18.0 Å². The van der Waals surface area contributed by atoms with Gasteiger partial charge in [-0.15, -0.1) is 11.3 Å². The van der Waals surface area contributed by atoms with Crippen LogP contribution in [0.25, 0.3) is 10.4 Å². The Balaban J connectivity index is 1.75. The van der Waals surface area contributed by atoms with Crippen molar-refractivity contribution in [2.24, 2.45) is 0 Å². The molecule has 1 aliphatic heterocycles. The number of morpholine rings is 1. The lowest BCUT2D eigenvalue weighted by atomic mass is 10.1. The zero-order valence-electron chi connectivity index (χ0n) is 16.5. The van der Waals surface area contributed by atoms with E-state index in [1.54, 1.807) is 11.0 Å². The summed E-state index contributed by atoms with van der Waals surface area (Å²) in [7, 11) is 0. The van der Waals surface area contributed by atoms with Crippen LogP contribution in [0.3, 0.4) is 0 Å². The Morgan fingerprint density at radius 3 is 2.40 bits per heavy atom. The fraction of sp³-hybridized carbons (Fsp3) is 0.217. The highest BCUT2D eigenvalue weighted by Crippen LogP contribution is 2.40. The van der Waals surface area contributed by atoms with Gasteiger partial charge in [-0.2, -0.15) is 0 Å². The lowest BCUT2D eigenvalue weighted by Gasteiger charge is -2.27. The largest absolute Gasteiger partial charge is 0.378 e. The van der Waals surface area contributed by atoms with Crippen LogP contribution >= 0.6 is 11.3 Å². The van der Waals surface area contributed by atoms with Crippen molar-refractivity contribution in [1.82, 2.24) is 4.90 Å². The standard InChI is InChI=1S/C23H21FN2O3S/c1-15-19(23(28)26-11-13-29-14-12-26)22(30-20(15)16-7-3-2-4-8-16)25-21(27)17-9-5-6-10-18(17)24/h2-10H,11-14H2,1H3,(H,25,27). The molecule has 0 saturated carbocycles. The molecule has 0 atom stereocenters. The fourth-order valence-electron chi connectivity index (χ4n) is 3.46. The van der Waals surface area contributed by atoms with Crippen LogP contribution in [0.4, 0.5) is 9.39 Å². The molecule has 1 N–H and O–H groups in total. The summed E-state index contributed by atoms with van der Waals surface area (Å²) in [5.74, 6) is -1.34. The average molecular weight is 424 g/mol. The first-order chi connectivity index (χ1) is 14.6. The van der Waals surface area contributed by atoms with Gasteiger partial charge in [-0.3, -0.25) is 9.59 Å². The summed E-state index contributed by atoms with van der Waals surface area (Å²) >= 11 is 1.33. The van der Waals surface area contributed by atoms with Crippen molar-refractivity contribution >= 4 is 28.2 Å². The van der Waals surface area contributed by atoms with E-state index in [1.807, 2.05) is 37.3 Å². The first-order valence-electron chi connectivity index (χ1n) is 9.68. The second-order valence-corrected chi connectivity index (χ2v) is 7.99. The number of halogens is 1. The number of carbonyl (C=O) groups excluding carboxylic acids is 2. The van der Waals surface area contributed by atoms with Crippen LogP contribution in [0.5, 0.6) is 0 Å². The number of ether oxygens (including phenoxy) is 1. The van der Waals surface area contributed by atoms with Gasteiger partial charge in [-0.25, -0.2) is 4.39 Å². The minimum absolute atomic E-state index is 0.0606. The van der Waals surface area contributed by atoms with Crippen molar-refractivity contribution in [1.29, 1.82) is 0 Å². The number of thiophene rings is 1. The number of nitrogens with one attached hydrogen (secondary N) is 1. The first-order valence-corrected chi connectivity index (χ1v) is 10.5. The number of hydrogen-bond donors (Lipinski definition) is 1.